The van der Waals surface area contributed by atoms with Crippen LogP contribution in [-0.4, -0.2) is 52.5 Å². The van der Waals surface area contributed by atoms with Crippen LogP contribution >= 0.6 is 0 Å². The molecule has 1 heterocycles. The maximum Gasteiger partial charge on any atom is 0.172 e. The summed E-state index contributed by atoms with van der Waals surface area (Å²) in [7, 11) is 0. The Labute approximate surface area is 79.5 Å². The molecule has 0 amide bonds. The number of hydrogen-bond donors (Lipinski definition) is 4. The summed E-state index contributed by atoms with van der Waals surface area (Å²) in [5.41, 5.74) is 13.6. The summed E-state index contributed by atoms with van der Waals surface area (Å²) in [4.78, 5) is 2.50. The predicted octanol–water partition coefficient (Wildman–Crippen LogP) is -1.94. The average Bonchev–Trinajstić information content (AvgIpc) is 2.19. The Morgan fingerprint density at radius 3 is 2.64 bits per heavy atom. The summed E-state index contributed by atoms with van der Waals surface area (Å²) in [6.45, 7) is -0.468. The van der Waals surface area contributed by atoms with Gasteiger partial charge in [-0.3, -0.25) is 0 Å². The molecule has 1 unspecified atom stereocenters. The largest absolute Gasteiger partial charge is 0.394 e. The molecule has 0 spiro atoms. The van der Waals surface area contributed by atoms with E-state index in [2.05, 4.69) is 10.0 Å². The Hall–Kier alpha value is -0.890. The summed E-state index contributed by atoms with van der Waals surface area (Å²) in [5.74, 6) is 0. The van der Waals surface area contributed by atoms with Gasteiger partial charge >= 0.3 is 0 Å². The standard InChI is InChI=1S/C6H12N4O4/c7-3-5(12)4(9-10-8)2(1-11)14-6(3)13/h2-6,11-13H,1,7H2/t2-,3-,4+,5-,6?/m1/s1. The van der Waals surface area contributed by atoms with E-state index in [-0.39, 0.29) is 0 Å². The van der Waals surface area contributed by atoms with Gasteiger partial charge in [-0.15, -0.1) is 0 Å². The fraction of sp³-hybridized carbons (Fsp3) is 1.00. The Balaban J connectivity index is 2.82. The number of nitrogens with two attached hydrogens (primary N) is 1. The highest BCUT2D eigenvalue weighted by Crippen LogP contribution is 2.20. The van der Waals surface area contributed by atoms with Crippen LogP contribution in [0.3, 0.4) is 0 Å². The number of ether oxygens (including phenoxy) is 1. The monoisotopic (exact) mass is 204 g/mol. The Kier molecular flexibility index (Phi) is 3.64. The number of aliphatic hydroxyl groups is 3. The first kappa shape index (κ1) is 11.2. The summed E-state index contributed by atoms with van der Waals surface area (Å²) >= 11 is 0. The minimum Gasteiger partial charge on any atom is -0.394 e. The van der Waals surface area contributed by atoms with Crippen LogP contribution in [0.5, 0.6) is 0 Å². The van der Waals surface area contributed by atoms with E-state index < -0.39 is 37.2 Å². The summed E-state index contributed by atoms with van der Waals surface area (Å²) in [6.07, 6.45) is -3.53. The average molecular weight is 204 g/mol. The van der Waals surface area contributed by atoms with Gasteiger partial charge in [0.05, 0.1) is 30.9 Å². The molecule has 0 aromatic carbocycles. The molecule has 1 aliphatic rings. The van der Waals surface area contributed by atoms with Crippen molar-refractivity contribution in [1.82, 2.24) is 0 Å². The van der Waals surface area contributed by atoms with Gasteiger partial charge in [0.25, 0.3) is 0 Å². The molecule has 0 aliphatic carbocycles. The number of hydrogen-bond acceptors (Lipinski definition) is 6. The lowest BCUT2D eigenvalue weighted by molar-refractivity contribution is -0.215. The third-order valence-electron chi connectivity index (χ3n) is 2.13. The molecule has 5 atom stereocenters. The van der Waals surface area contributed by atoms with Crippen molar-refractivity contribution < 1.29 is 20.1 Å². The minimum atomic E-state index is -1.37. The van der Waals surface area contributed by atoms with Crippen molar-refractivity contribution in [2.75, 3.05) is 6.61 Å². The topological polar surface area (TPSA) is 145 Å². The van der Waals surface area contributed by atoms with Gasteiger partial charge in [0, 0.05) is 4.91 Å². The number of azide groups is 1. The van der Waals surface area contributed by atoms with Gasteiger partial charge in [-0.25, -0.2) is 0 Å². The molecule has 1 aliphatic heterocycles. The SMILES string of the molecule is [N-]=[N+]=N[C@@H]1[C@H](O)[C@@H](N)C(O)O[C@@H]1CO. The molecule has 1 rings (SSSR count). The van der Waals surface area contributed by atoms with Crippen molar-refractivity contribution in [3.63, 3.8) is 0 Å². The molecule has 0 saturated carbocycles. The van der Waals surface area contributed by atoms with E-state index in [0.29, 0.717) is 0 Å². The first-order chi connectivity index (χ1) is 6.61. The highest BCUT2D eigenvalue weighted by molar-refractivity contribution is 4.95. The van der Waals surface area contributed by atoms with Crippen LogP contribution in [0, 0.1) is 0 Å². The van der Waals surface area contributed by atoms with Crippen LogP contribution in [0.4, 0.5) is 0 Å². The van der Waals surface area contributed by atoms with Crippen LogP contribution in [0.2, 0.25) is 0 Å². The predicted molar refractivity (Wildman–Crippen MR) is 44.9 cm³/mol. The molecule has 5 N–H and O–H groups in total. The summed E-state index contributed by atoms with van der Waals surface area (Å²) in [6, 6.07) is -2.03. The maximum atomic E-state index is 9.50. The number of aliphatic hydroxyl groups excluding tert-OH is 3. The van der Waals surface area contributed by atoms with Crippen molar-refractivity contribution in [3.8, 4) is 0 Å². The van der Waals surface area contributed by atoms with Gasteiger partial charge in [-0.2, -0.15) is 0 Å². The molecule has 0 aromatic heterocycles. The van der Waals surface area contributed by atoms with E-state index >= 15 is 0 Å². The van der Waals surface area contributed by atoms with Crippen LogP contribution in [-0.2, 0) is 4.74 Å². The van der Waals surface area contributed by atoms with Crippen molar-refractivity contribution >= 4 is 0 Å². The number of nitrogens with zero attached hydrogens (tertiary/aromatic N) is 3. The quantitative estimate of drug-likeness (QED) is 0.235. The smallest absolute Gasteiger partial charge is 0.172 e. The Morgan fingerprint density at radius 2 is 2.14 bits per heavy atom. The molecular weight excluding hydrogens is 192 g/mol. The zero-order valence-electron chi connectivity index (χ0n) is 7.26. The third kappa shape index (κ3) is 1.95. The van der Waals surface area contributed by atoms with Crippen molar-refractivity contribution in [3.05, 3.63) is 10.4 Å². The lowest BCUT2D eigenvalue weighted by Crippen LogP contribution is -2.61. The van der Waals surface area contributed by atoms with Gasteiger partial charge < -0.3 is 25.8 Å². The zero-order chi connectivity index (χ0) is 10.7. The van der Waals surface area contributed by atoms with Crippen molar-refractivity contribution in [2.45, 2.75) is 30.6 Å². The molecule has 80 valence electrons. The first-order valence-corrected chi connectivity index (χ1v) is 4.04. The molecular formula is C6H12N4O4. The second kappa shape index (κ2) is 4.56. The van der Waals surface area contributed by atoms with E-state index in [1.54, 1.807) is 0 Å². The first-order valence-electron chi connectivity index (χ1n) is 4.04. The highest BCUT2D eigenvalue weighted by atomic mass is 16.6. The normalized spacial score (nSPS) is 43.0. The minimum absolute atomic E-state index is 0.468. The lowest BCUT2D eigenvalue weighted by atomic mass is 9.96. The molecule has 8 heteroatoms. The highest BCUT2D eigenvalue weighted by Gasteiger charge is 2.42. The molecule has 0 radical (unpaired) electrons. The van der Waals surface area contributed by atoms with Gasteiger partial charge in [0.1, 0.15) is 0 Å². The molecule has 1 saturated heterocycles. The second-order valence-corrected chi connectivity index (χ2v) is 3.01. The fourth-order valence-electron chi connectivity index (χ4n) is 1.32. The number of rotatable bonds is 2. The molecule has 8 nitrogen and oxygen atoms in total. The van der Waals surface area contributed by atoms with E-state index in [0.717, 1.165) is 0 Å². The van der Waals surface area contributed by atoms with Crippen LogP contribution in [0.1, 0.15) is 0 Å². The van der Waals surface area contributed by atoms with Crippen molar-refractivity contribution in [1.29, 1.82) is 0 Å². The maximum absolute atomic E-state index is 9.50. The Morgan fingerprint density at radius 1 is 1.50 bits per heavy atom. The summed E-state index contributed by atoms with van der Waals surface area (Å²) in [5, 5.41) is 30.8. The fourth-order valence-corrected chi connectivity index (χ4v) is 1.32. The zero-order valence-corrected chi connectivity index (χ0v) is 7.26. The van der Waals surface area contributed by atoms with E-state index in [9.17, 15) is 10.2 Å². The van der Waals surface area contributed by atoms with Crippen LogP contribution in [0.15, 0.2) is 5.11 Å². The summed E-state index contributed by atoms with van der Waals surface area (Å²) < 4.78 is 4.84. The van der Waals surface area contributed by atoms with Crippen LogP contribution < -0.4 is 5.73 Å². The van der Waals surface area contributed by atoms with Gasteiger partial charge in [-0.1, -0.05) is 5.11 Å². The van der Waals surface area contributed by atoms with Crippen molar-refractivity contribution in [2.24, 2.45) is 10.8 Å². The van der Waals surface area contributed by atoms with E-state index in [4.69, 9.17) is 21.1 Å². The third-order valence-corrected chi connectivity index (χ3v) is 2.13. The van der Waals surface area contributed by atoms with Gasteiger partial charge in [0.2, 0.25) is 0 Å². The Bertz CT molecular complexity index is 242. The second-order valence-electron chi connectivity index (χ2n) is 3.01. The molecule has 0 aromatic rings. The van der Waals surface area contributed by atoms with E-state index in [1.165, 1.54) is 0 Å². The molecule has 14 heavy (non-hydrogen) atoms. The van der Waals surface area contributed by atoms with E-state index in [1.807, 2.05) is 0 Å². The molecule has 1 fully saturated rings. The van der Waals surface area contributed by atoms with Gasteiger partial charge in [0.15, 0.2) is 6.29 Å². The molecule has 0 bridgehead atoms. The lowest BCUT2D eigenvalue weighted by Gasteiger charge is -2.38. The van der Waals surface area contributed by atoms with Gasteiger partial charge in [-0.05, 0) is 5.53 Å². The van der Waals surface area contributed by atoms with Crippen LogP contribution in [0.25, 0.3) is 10.4 Å².